The summed E-state index contributed by atoms with van der Waals surface area (Å²) in [4.78, 5) is 38.3. The van der Waals surface area contributed by atoms with Crippen LogP contribution in [-0.2, 0) is 9.63 Å². The topological polar surface area (TPSA) is 98.9 Å². The van der Waals surface area contributed by atoms with Gasteiger partial charge in [0.1, 0.15) is 5.71 Å². The Morgan fingerprint density at radius 1 is 1.38 bits per heavy atom. The molecule has 1 aromatic carbocycles. The molecule has 0 bridgehead atoms. The van der Waals surface area contributed by atoms with Crippen molar-refractivity contribution in [1.29, 1.82) is 0 Å². The first-order valence-corrected chi connectivity index (χ1v) is 8.45. The molecule has 2 unspecified atom stereocenters. The SMILES string of the molecule is CC1=CC(=O)C(Br)C(C)(Br)/C1=N\OC(=O)c1ccc([N+](=O)[O-])cc1. The fraction of sp³-hybridized carbons (Fsp3) is 0.267. The lowest BCUT2D eigenvalue weighted by Gasteiger charge is -2.31. The molecule has 0 heterocycles. The number of non-ortho nitro benzene ring substituents is 1. The maximum atomic E-state index is 12.0. The van der Waals surface area contributed by atoms with Crippen molar-refractivity contribution >= 4 is 55.0 Å². The van der Waals surface area contributed by atoms with Crippen molar-refractivity contribution in [2.75, 3.05) is 0 Å². The van der Waals surface area contributed by atoms with E-state index in [0.717, 1.165) is 0 Å². The van der Waals surface area contributed by atoms with E-state index in [0.29, 0.717) is 11.3 Å². The van der Waals surface area contributed by atoms with E-state index in [-0.39, 0.29) is 17.0 Å². The van der Waals surface area contributed by atoms with E-state index in [2.05, 4.69) is 37.0 Å². The third kappa shape index (κ3) is 3.62. The van der Waals surface area contributed by atoms with Gasteiger partial charge in [0.05, 0.1) is 19.6 Å². The van der Waals surface area contributed by atoms with Gasteiger partial charge in [-0.05, 0) is 37.6 Å². The second-order valence-corrected chi connectivity index (χ2v) is 7.85. The Hall–Kier alpha value is -1.87. The molecular weight excluding hydrogens is 448 g/mol. The van der Waals surface area contributed by atoms with Crippen LogP contribution in [0.4, 0.5) is 5.69 Å². The standard InChI is InChI=1S/C15H12Br2N2O5/c1-8-7-11(20)12(16)15(2,17)13(8)18-24-14(21)9-3-5-10(6-4-9)19(22)23/h3-7,12H,1-2H3/b18-13-. The molecule has 1 aliphatic carbocycles. The molecular formula is C15H12Br2N2O5. The highest BCUT2D eigenvalue weighted by Gasteiger charge is 2.43. The predicted octanol–water partition coefficient (Wildman–Crippen LogP) is 3.55. The number of nitrogens with zero attached hydrogens (tertiary/aromatic N) is 2. The Bertz CT molecular complexity index is 769. The summed E-state index contributed by atoms with van der Waals surface area (Å²) >= 11 is 6.72. The molecule has 0 N–H and O–H groups in total. The van der Waals surface area contributed by atoms with Gasteiger partial charge < -0.3 is 4.84 Å². The van der Waals surface area contributed by atoms with Crippen molar-refractivity contribution in [3.05, 3.63) is 51.6 Å². The highest BCUT2D eigenvalue weighted by molar-refractivity contribution is 9.13. The van der Waals surface area contributed by atoms with E-state index < -0.39 is 20.0 Å². The van der Waals surface area contributed by atoms with Crippen molar-refractivity contribution in [3.63, 3.8) is 0 Å². The fourth-order valence-corrected chi connectivity index (χ4v) is 3.11. The molecule has 0 saturated carbocycles. The van der Waals surface area contributed by atoms with Crippen LogP contribution in [0, 0.1) is 10.1 Å². The van der Waals surface area contributed by atoms with Crippen molar-refractivity contribution in [2.24, 2.45) is 5.16 Å². The molecule has 7 nitrogen and oxygen atoms in total. The summed E-state index contributed by atoms with van der Waals surface area (Å²) < 4.78 is -0.835. The average molecular weight is 460 g/mol. The number of nitro groups is 1. The molecule has 0 saturated heterocycles. The second-order valence-electron chi connectivity index (χ2n) is 5.29. The van der Waals surface area contributed by atoms with Crippen LogP contribution in [-0.4, -0.2) is 31.5 Å². The van der Waals surface area contributed by atoms with Gasteiger partial charge in [0.2, 0.25) is 0 Å². The van der Waals surface area contributed by atoms with Gasteiger partial charge in [0.25, 0.3) is 5.69 Å². The van der Waals surface area contributed by atoms with Gasteiger partial charge in [-0.2, -0.15) is 0 Å². The summed E-state index contributed by atoms with van der Waals surface area (Å²) in [5.74, 6) is -0.871. The number of ketones is 1. The minimum absolute atomic E-state index is 0.118. The van der Waals surface area contributed by atoms with Gasteiger partial charge in [-0.25, -0.2) is 4.79 Å². The number of carbonyl (C=O) groups is 2. The molecule has 0 fully saturated rings. The van der Waals surface area contributed by atoms with Crippen LogP contribution in [0.5, 0.6) is 0 Å². The third-order valence-corrected chi connectivity index (χ3v) is 6.27. The van der Waals surface area contributed by atoms with Crippen LogP contribution in [0.1, 0.15) is 24.2 Å². The molecule has 0 aromatic heterocycles. The largest absolute Gasteiger partial charge is 0.365 e. The number of hydrogen-bond donors (Lipinski definition) is 0. The first-order chi connectivity index (χ1) is 11.1. The minimum atomic E-state index is -0.835. The van der Waals surface area contributed by atoms with Crippen molar-refractivity contribution in [1.82, 2.24) is 0 Å². The monoisotopic (exact) mass is 458 g/mol. The van der Waals surface area contributed by atoms with E-state index in [1.807, 2.05) is 0 Å². The predicted molar refractivity (Wildman–Crippen MR) is 94.8 cm³/mol. The zero-order valence-corrected chi connectivity index (χ0v) is 15.8. The lowest BCUT2D eigenvalue weighted by Crippen LogP contribution is -2.46. The van der Waals surface area contributed by atoms with Gasteiger partial charge in [-0.15, -0.1) is 0 Å². The molecule has 0 spiro atoms. The highest BCUT2D eigenvalue weighted by atomic mass is 79.9. The van der Waals surface area contributed by atoms with Crippen LogP contribution in [0.3, 0.4) is 0 Å². The Morgan fingerprint density at radius 2 is 1.96 bits per heavy atom. The number of halogens is 2. The maximum absolute atomic E-state index is 12.0. The van der Waals surface area contributed by atoms with Crippen LogP contribution in [0.2, 0.25) is 0 Å². The molecule has 0 radical (unpaired) electrons. The number of nitro benzene ring substituents is 1. The van der Waals surface area contributed by atoms with Crippen molar-refractivity contribution in [3.8, 4) is 0 Å². The molecule has 0 amide bonds. The van der Waals surface area contributed by atoms with Crippen molar-refractivity contribution < 1.29 is 19.3 Å². The number of allylic oxidation sites excluding steroid dienone is 2. The Balaban J connectivity index is 2.22. The van der Waals surface area contributed by atoms with E-state index in [9.17, 15) is 19.7 Å². The summed E-state index contributed by atoms with van der Waals surface area (Å²) in [7, 11) is 0. The number of alkyl halides is 2. The fourth-order valence-electron chi connectivity index (χ4n) is 2.15. The van der Waals surface area contributed by atoms with Gasteiger partial charge in [-0.3, -0.25) is 14.9 Å². The summed E-state index contributed by atoms with van der Waals surface area (Å²) in [6.45, 7) is 3.42. The zero-order valence-electron chi connectivity index (χ0n) is 12.7. The molecule has 1 aliphatic rings. The Kier molecular flexibility index (Phi) is 5.34. The van der Waals surface area contributed by atoms with Gasteiger partial charge >= 0.3 is 5.97 Å². The highest BCUT2D eigenvalue weighted by Crippen LogP contribution is 2.36. The van der Waals surface area contributed by atoms with Crippen molar-refractivity contribution in [2.45, 2.75) is 23.0 Å². The number of oxime groups is 1. The normalized spacial score (nSPS) is 25.3. The van der Waals surface area contributed by atoms with Crippen LogP contribution in [0.25, 0.3) is 0 Å². The molecule has 126 valence electrons. The zero-order chi connectivity index (χ0) is 18.1. The molecule has 9 heteroatoms. The first-order valence-electron chi connectivity index (χ1n) is 6.74. The molecule has 0 aliphatic heterocycles. The number of benzene rings is 1. The van der Waals surface area contributed by atoms with E-state index in [1.165, 1.54) is 30.3 Å². The number of rotatable bonds is 3. The Morgan fingerprint density at radius 3 is 2.50 bits per heavy atom. The molecule has 24 heavy (non-hydrogen) atoms. The van der Waals surface area contributed by atoms with Crippen LogP contribution in [0.15, 0.2) is 41.1 Å². The summed E-state index contributed by atoms with van der Waals surface area (Å²) in [6.07, 6.45) is 1.42. The lowest BCUT2D eigenvalue weighted by atomic mass is 9.88. The second kappa shape index (κ2) is 6.94. The number of carbonyl (C=O) groups excluding carboxylic acids is 2. The minimum Gasteiger partial charge on any atom is -0.312 e. The Labute approximate surface area is 154 Å². The number of hydrogen-bond acceptors (Lipinski definition) is 6. The first kappa shape index (κ1) is 18.5. The smallest absolute Gasteiger partial charge is 0.312 e. The quantitative estimate of drug-likeness (QED) is 0.298. The third-order valence-electron chi connectivity index (χ3n) is 3.45. The maximum Gasteiger partial charge on any atom is 0.365 e. The summed E-state index contributed by atoms with van der Waals surface area (Å²) in [6, 6.07) is 4.98. The lowest BCUT2D eigenvalue weighted by molar-refractivity contribution is -0.384. The average Bonchev–Trinajstić information content (AvgIpc) is 2.52. The van der Waals surface area contributed by atoms with E-state index >= 15 is 0 Å². The van der Waals surface area contributed by atoms with Gasteiger partial charge in [0, 0.05) is 12.1 Å². The summed E-state index contributed by atoms with van der Waals surface area (Å²) in [5.41, 5.74) is 0.980. The van der Waals surface area contributed by atoms with E-state index in [4.69, 9.17) is 4.84 Å². The summed E-state index contributed by atoms with van der Waals surface area (Å²) in [5, 5.41) is 14.5. The van der Waals surface area contributed by atoms with Crippen LogP contribution >= 0.6 is 31.9 Å². The van der Waals surface area contributed by atoms with Gasteiger partial charge in [0.15, 0.2) is 5.78 Å². The van der Waals surface area contributed by atoms with E-state index in [1.54, 1.807) is 13.8 Å². The van der Waals surface area contributed by atoms with Gasteiger partial charge in [-0.1, -0.05) is 37.0 Å². The molecule has 2 rings (SSSR count). The van der Waals surface area contributed by atoms with Crippen LogP contribution < -0.4 is 0 Å². The molecule has 1 aromatic rings. The molecule has 2 atom stereocenters.